The molecule has 0 aromatic carbocycles. The Morgan fingerprint density at radius 2 is 2.06 bits per heavy atom. The van der Waals surface area contributed by atoms with Gasteiger partial charge in [-0.05, 0) is 38.1 Å². The molecule has 2 aliphatic rings. The van der Waals surface area contributed by atoms with E-state index in [4.69, 9.17) is 5.73 Å². The lowest BCUT2D eigenvalue weighted by molar-refractivity contribution is 0.128. The number of nitrogens with two attached hydrogens (primary N) is 1. The fraction of sp³-hybridized carbons (Fsp3) is 1.00. The van der Waals surface area contributed by atoms with E-state index in [0.717, 1.165) is 18.5 Å². The topological polar surface area (TPSA) is 29.3 Å². The van der Waals surface area contributed by atoms with Crippen LogP contribution in [0.25, 0.3) is 0 Å². The summed E-state index contributed by atoms with van der Waals surface area (Å²) in [5.74, 6) is 1.00. The molecule has 3 unspecified atom stereocenters. The smallest absolute Gasteiger partial charge is 0.0221 e. The fourth-order valence-corrected chi connectivity index (χ4v) is 3.75. The molecule has 1 saturated carbocycles. The second-order valence-electron chi connectivity index (χ2n) is 5.67. The minimum Gasteiger partial charge on any atom is -0.329 e. The number of fused-ring (bicyclic) bond motifs is 1. The summed E-state index contributed by atoms with van der Waals surface area (Å²) in [6.45, 7) is 4.46. The van der Waals surface area contributed by atoms with Crippen LogP contribution in [0.1, 0.15) is 58.3 Å². The molecule has 0 spiro atoms. The molecule has 2 rings (SSSR count). The van der Waals surface area contributed by atoms with Crippen LogP contribution in [-0.2, 0) is 0 Å². The number of nitrogens with zero attached hydrogens (tertiary/aromatic N) is 1. The van der Waals surface area contributed by atoms with Gasteiger partial charge in [0.1, 0.15) is 0 Å². The van der Waals surface area contributed by atoms with Gasteiger partial charge in [-0.1, -0.05) is 32.6 Å². The van der Waals surface area contributed by atoms with Crippen molar-refractivity contribution in [3.05, 3.63) is 0 Å². The van der Waals surface area contributed by atoms with Crippen LogP contribution in [0, 0.1) is 5.92 Å². The second kappa shape index (κ2) is 6.02. The Morgan fingerprint density at radius 1 is 1.25 bits per heavy atom. The van der Waals surface area contributed by atoms with Crippen molar-refractivity contribution < 1.29 is 0 Å². The molecule has 2 heteroatoms. The van der Waals surface area contributed by atoms with Crippen LogP contribution in [0.5, 0.6) is 0 Å². The molecule has 1 aliphatic carbocycles. The molecule has 16 heavy (non-hydrogen) atoms. The largest absolute Gasteiger partial charge is 0.329 e. The van der Waals surface area contributed by atoms with E-state index in [2.05, 4.69) is 11.8 Å². The van der Waals surface area contributed by atoms with Crippen molar-refractivity contribution in [2.24, 2.45) is 11.7 Å². The van der Waals surface area contributed by atoms with Crippen molar-refractivity contribution in [3.63, 3.8) is 0 Å². The normalized spacial score (nSPS) is 32.6. The van der Waals surface area contributed by atoms with E-state index in [0.29, 0.717) is 6.04 Å². The highest BCUT2D eigenvalue weighted by atomic mass is 15.2. The summed E-state index contributed by atoms with van der Waals surface area (Å²) < 4.78 is 0. The maximum atomic E-state index is 5.97. The standard InChI is InChI=1S/C14H28N2/c1-2-3-7-13(11-15)16-10-9-12-6-4-5-8-14(12)16/h12-14H,2-11,15H2,1H3. The van der Waals surface area contributed by atoms with Gasteiger partial charge in [0.05, 0.1) is 0 Å². The van der Waals surface area contributed by atoms with E-state index in [1.54, 1.807) is 0 Å². The summed E-state index contributed by atoms with van der Waals surface area (Å²) in [5, 5.41) is 0. The monoisotopic (exact) mass is 224 g/mol. The first kappa shape index (κ1) is 12.4. The molecular formula is C14H28N2. The van der Waals surface area contributed by atoms with Gasteiger partial charge in [-0.3, -0.25) is 4.90 Å². The van der Waals surface area contributed by atoms with Gasteiger partial charge in [-0.2, -0.15) is 0 Å². The summed E-state index contributed by atoms with van der Waals surface area (Å²) in [6.07, 6.45) is 11.2. The van der Waals surface area contributed by atoms with Crippen LogP contribution in [-0.4, -0.2) is 30.1 Å². The van der Waals surface area contributed by atoms with Crippen LogP contribution >= 0.6 is 0 Å². The van der Waals surface area contributed by atoms with E-state index in [9.17, 15) is 0 Å². The van der Waals surface area contributed by atoms with Gasteiger partial charge in [0.15, 0.2) is 0 Å². The van der Waals surface area contributed by atoms with Crippen LogP contribution in [0.15, 0.2) is 0 Å². The third-order valence-electron chi connectivity index (χ3n) is 4.69. The molecule has 1 aliphatic heterocycles. The Labute approximate surface area is 101 Å². The molecule has 2 nitrogen and oxygen atoms in total. The summed E-state index contributed by atoms with van der Waals surface area (Å²) >= 11 is 0. The summed E-state index contributed by atoms with van der Waals surface area (Å²) in [7, 11) is 0. The molecule has 0 aromatic rings. The molecule has 0 aromatic heterocycles. The predicted molar refractivity (Wildman–Crippen MR) is 69.4 cm³/mol. The minimum atomic E-state index is 0.674. The van der Waals surface area contributed by atoms with E-state index in [1.807, 2.05) is 0 Å². The van der Waals surface area contributed by atoms with Crippen molar-refractivity contribution >= 4 is 0 Å². The number of likely N-dealkylation sites (tertiary alicyclic amines) is 1. The average molecular weight is 224 g/mol. The van der Waals surface area contributed by atoms with E-state index in [-0.39, 0.29) is 0 Å². The van der Waals surface area contributed by atoms with Crippen molar-refractivity contribution in [1.82, 2.24) is 4.90 Å². The highest BCUT2D eigenvalue weighted by Gasteiger charge is 2.38. The summed E-state index contributed by atoms with van der Waals surface area (Å²) in [6, 6.07) is 1.56. The summed E-state index contributed by atoms with van der Waals surface area (Å²) in [5.41, 5.74) is 5.97. The molecule has 2 N–H and O–H groups in total. The van der Waals surface area contributed by atoms with Gasteiger partial charge in [-0.15, -0.1) is 0 Å². The van der Waals surface area contributed by atoms with Gasteiger partial charge >= 0.3 is 0 Å². The first-order chi connectivity index (χ1) is 7.86. The number of unbranched alkanes of at least 4 members (excludes halogenated alkanes) is 1. The zero-order valence-electron chi connectivity index (χ0n) is 10.8. The van der Waals surface area contributed by atoms with Crippen molar-refractivity contribution in [3.8, 4) is 0 Å². The van der Waals surface area contributed by atoms with Gasteiger partial charge in [0.25, 0.3) is 0 Å². The van der Waals surface area contributed by atoms with Gasteiger partial charge < -0.3 is 5.73 Å². The van der Waals surface area contributed by atoms with Crippen LogP contribution in [0.4, 0.5) is 0 Å². The highest BCUT2D eigenvalue weighted by molar-refractivity contribution is 4.93. The SMILES string of the molecule is CCCCC(CN)N1CCC2CCCCC21. The lowest BCUT2D eigenvalue weighted by atomic mass is 9.85. The molecule has 1 heterocycles. The molecule has 1 saturated heterocycles. The zero-order valence-corrected chi connectivity index (χ0v) is 10.8. The second-order valence-corrected chi connectivity index (χ2v) is 5.67. The maximum Gasteiger partial charge on any atom is 0.0221 e. The Hall–Kier alpha value is -0.0800. The number of hydrogen-bond acceptors (Lipinski definition) is 2. The first-order valence-corrected chi connectivity index (χ1v) is 7.32. The van der Waals surface area contributed by atoms with Crippen LogP contribution in [0.3, 0.4) is 0 Å². The highest BCUT2D eigenvalue weighted by Crippen LogP contribution is 2.37. The molecule has 0 bridgehead atoms. The molecule has 3 atom stereocenters. The Kier molecular flexibility index (Phi) is 4.66. The van der Waals surface area contributed by atoms with Crippen molar-refractivity contribution in [1.29, 1.82) is 0 Å². The quantitative estimate of drug-likeness (QED) is 0.778. The first-order valence-electron chi connectivity index (χ1n) is 7.32. The third kappa shape index (κ3) is 2.60. The maximum absolute atomic E-state index is 5.97. The van der Waals surface area contributed by atoms with E-state index >= 15 is 0 Å². The predicted octanol–water partition coefficient (Wildman–Crippen LogP) is 2.77. The minimum absolute atomic E-state index is 0.674. The third-order valence-corrected chi connectivity index (χ3v) is 4.69. The number of hydrogen-bond donors (Lipinski definition) is 1. The van der Waals surface area contributed by atoms with Crippen molar-refractivity contribution in [2.45, 2.75) is 70.4 Å². The van der Waals surface area contributed by atoms with Crippen LogP contribution in [0.2, 0.25) is 0 Å². The van der Waals surface area contributed by atoms with Crippen molar-refractivity contribution in [2.75, 3.05) is 13.1 Å². The van der Waals surface area contributed by atoms with Crippen LogP contribution < -0.4 is 5.73 Å². The summed E-state index contributed by atoms with van der Waals surface area (Å²) in [4.78, 5) is 2.76. The Morgan fingerprint density at radius 3 is 2.81 bits per heavy atom. The Balaban J connectivity index is 1.91. The lowest BCUT2D eigenvalue weighted by Crippen LogP contribution is -2.45. The molecule has 94 valence electrons. The number of rotatable bonds is 5. The molecule has 2 fully saturated rings. The molecular weight excluding hydrogens is 196 g/mol. The molecule has 0 radical (unpaired) electrons. The van der Waals surface area contributed by atoms with Gasteiger partial charge in [0.2, 0.25) is 0 Å². The Bertz CT molecular complexity index is 205. The van der Waals surface area contributed by atoms with E-state index < -0.39 is 0 Å². The van der Waals surface area contributed by atoms with Gasteiger partial charge in [0, 0.05) is 18.6 Å². The molecule has 0 amide bonds. The van der Waals surface area contributed by atoms with E-state index in [1.165, 1.54) is 57.9 Å². The van der Waals surface area contributed by atoms with Gasteiger partial charge in [-0.25, -0.2) is 0 Å². The zero-order chi connectivity index (χ0) is 11.4. The average Bonchev–Trinajstić information content (AvgIpc) is 2.75. The fourth-order valence-electron chi connectivity index (χ4n) is 3.75. The lowest BCUT2D eigenvalue weighted by Gasteiger charge is -2.36.